The van der Waals surface area contributed by atoms with Crippen LogP contribution in [0.5, 0.6) is 5.75 Å². The third kappa shape index (κ3) is 3.70. The molecule has 1 atom stereocenters. The number of aromatic nitrogens is 1. The Morgan fingerprint density at radius 1 is 1.43 bits per heavy atom. The quantitative estimate of drug-likeness (QED) is 0.827. The average molecular weight is 348 g/mol. The highest BCUT2D eigenvalue weighted by atomic mass is 32.2. The number of carbonyl (C=O) groups excluding carboxylic acids is 1. The van der Waals surface area contributed by atoms with Crippen LogP contribution >= 0.6 is 23.1 Å². The molecule has 0 N–H and O–H groups in total. The Morgan fingerprint density at radius 3 is 2.91 bits per heavy atom. The normalized spacial score (nSPS) is 17.5. The number of rotatable bonds is 5. The number of methoxy groups -OCH3 is 1. The van der Waals surface area contributed by atoms with Crippen molar-refractivity contribution in [3.63, 3.8) is 0 Å². The molecule has 23 heavy (non-hydrogen) atoms. The SMILES string of the molecule is COc1ccc(-c2ncc(C(=O)N3CC[C@@H](CSC)C3)s2)cc1. The van der Waals surface area contributed by atoms with Crippen molar-refractivity contribution in [3.8, 4) is 16.3 Å². The van der Waals surface area contributed by atoms with Gasteiger partial charge < -0.3 is 9.64 Å². The minimum atomic E-state index is 0.117. The number of hydrogen-bond donors (Lipinski definition) is 0. The van der Waals surface area contributed by atoms with Gasteiger partial charge in [-0.05, 0) is 48.6 Å². The number of nitrogens with zero attached hydrogens (tertiary/aromatic N) is 2. The molecule has 0 bridgehead atoms. The standard InChI is InChI=1S/C17H20N2O2S2/c1-21-14-5-3-13(4-6-14)16-18-9-15(23-16)17(20)19-8-7-12(10-19)11-22-2/h3-6,9,12H,7-8,10-11H2,1-2H3/t12-/m1/s1. The van der Waals surface area contributed by atoms with Gasteiger partial charge in [-0.1, -0.05) is 0 Å². The second-order valence-electron chi connectivity index (χ2n) is 5.62. The van der Waals surface area contributed by atoms with Crippen LogP contribution in [0, 0.1) is 5.92 Å². The van der Waals surface area contributed by atoms with Gasteiger partial charge in [-0.3, -0.25) is 4.79 Å². The first-order valence-electron chi connectivity index (χ1n) is 7.59. The molecule has 0 radical (unpaired) electrons. The van der Waals surface area contributed by atoms with Crippen LogP contribution in [0.15, 0.2) is 30.5 Å². The average Bonchev–Trinajstić information content (AvgIpc) is 3.24. The molecular weight excluding hydrogens is 328 g/mol. The lowest BCUT2D eigenvalue weighted by atomic mass is 10.2. The molecule has 6 heteroatoms. The number of benzene rings is 1. The van der Waals surface area contributed by atoms with Gasteiger partial charge in [0.15, 0.2) is 0 Å². The van der Waals surface area contributed by atoms with E-state index in [1.54, 1.807) is 13.3 Å². The van der Waals surface area contributed by atoms with Crippen LogP contribution in [0.1, 0.15) is 16.1 Å². The van der Waals surface area contributed by atoms with Gasteiger partial charge in [-0.2, -0.15) is 11.8 Å². The summed E-state index contributed by atoms with van der Waals surface area (Å²) in [6, 6.07) is 7.75. The molecule has 0 saturated carbocycles. The number of thioether (sulfide) groups is 1. The van der Waals surface area contributed by atoms with E-state index in [-0.39, 0.29) is 5.91 Å². The summed E-state index contributed by atoms with van der Waals surface area (Å²) in [6.45, 7) is 1.73. The van der Waals surface area contributed by atoms with Gasteiger partial charge in [-0.25, -0.2) is 4.98 Å². The first-order valence-corrected chi connectivity index (χ1v) is 9.80. The molecule has 1 fully saturated rings. The van der Waals surface area contributed by atoms with Gasteiger partial charge in [0.2, 0.25) is 0 Å². The fourth-order valence-corrected chi connectivity index (χ4v) is 4.42. The molecule has 0 spiro atoms. The molecule has 2 aromatic rings. The number of carbonyl (C=O) groups is 1. The number of ether oxygens (including phenoxy) is 1. The van der Waals surface area contributed by atoms with Crippen LogP contribution in [0.4, 0.5) is 0 Å². The number of hydrogen-bond acceptors (Lipinski definition) is 5. The summed E-state index contributed by atoms with van der Waals surface area (Å²) < 4.78 is 5.17. The zero-order valence-corrected chi connectivity index (χ0v) is 15.0. The first kappa shape index (κ1) is 16.3. The molecule has 1 aliphatic rings. The van der Waals surface area contributed by atoms with Crippen molar-refractivity contribution in [2.45, 2.75) is 6.42 Å². The molecule has 3 rings (SSSR count). The van der Waals surface area contributed by atoms with E-state index < -0.39 is 0 Å². The smallest absolute Gasteiger partial charge is 0.265 e. The van der Waals surface area contributed by atoms with E-state index >= 15 is 0 Å². The van der Waals surface area contributed by atoms with E-state index in [9.17, 15) is 4.79 Å². The van der Waals surface area contributed by atoms with E-state index in [0.717, 1.165) is 46.5 Å². The van der Waals surface area contributed by atoms with Crippen molar-refractivity contribution >= 4 is 29.0 Å². The molecule has 1 aliphatic heterocycles. The molecule has 0 aliphatic carbocycles. The zero-order valence-electron chi connectivity index (χ0n) is 13.3. The summed E-state index contributed by atoms with van der Waals surface area (Å²) in [5.41, 5.74) is 1.01. The monoisotopic (exact) mass is 348 g/mol. The van der Waals surface area contributed by atoms with Crippen molar-refractivity contribution in [3.05, 3.63) is 35.3 Å². The third-order valence-corrected chi connectivity index (χ3v) is 5.87. The highest BCUT2D eigenvalue weighted by Crippen LogP contribution is 2.29. The summed E-state index contributed by atoms with van der Waals surface area (Å²) in [5.74, 6) is 2.69. The number of thiazole rings is 1. The van der Waals surface area contributed by atoms with Gasteiger partial charge in [0, 0.05) is 18.7 Å². The van der Waals surface area contributed by atoms with Crippen molar-refractivity contribution < 1.29 is 9.53 Å². The fraction of sp³-hybridized carbons (Fsp3) is 0.412. The highest BCUT2D eigenvalue weighted by Gasteiger charge is 2.27. The lowest BCUT2D eigenvalue weighted by Crippen LogP contribution is -2.28. The molecule has 1 aromatic heterocycles. The molecule has 4 nitrogen and oxygen atoms in total. The van der Waals surface area contributed by atoms with E-state index in [1.165, 1.54) is 11.3 Å². The predicted octanol–water partition coefficient (Wildman–Crippen LogP) is 3.64. The van der Waals surface area contributed by atoms with Crippen LogP contribution in [-0.2, 0) is 0 Å². The summed E-state index contributed by atoms with van der Waals surface area (Å²) in [6.07, 6.45) is 4.93. The van der Waals surface area contributed by atoms with Crippen LogP contribution in [0.2, 0.25) is 0 Å². The first-order chi connectivity index (χ1) is 11.2. The molecule has 1 aromatic carbocycles. The topological polar surface area (TPSA) is 42.4 Å². The summed E-state index contributed by atoms with van der Waals surface area (Å²) in [5, 5.41) is 0.871. The minimum absolute atomic E-state index is 0.117. The summed E-state index contributed by atoms with van der Waals surface area (Å²) in [7, 11) is 1.65. The van der Waals surface area contributed by atoms with Crippen LogP contribution < -0.4 is 4.74 Å². The molecule has 2 heterocycles. The minimum Gasteiger partial charge on any atom is -0.497 e. The van der Waals surface area contributed by atoms with E-state index in [4.69, 9.17) is 4.74 Å². The Kier molecular flexibility index (Phi) is 5.23. The lowest BCUT2D eigenvalue weighted by Gasteiger charge is -2.14. The maximum atomic E-state index is 12.6. The van der Waals surface area contributed by atoms with Crippen molar-refractivity contribution in [1.29, 1.82) is 0 Å². The van der Waals surface area contributed by atoms with Crippen molar-refractivity contribution in [2.75, 3.05) is 32.2 Å². The van der Waals surface area contributed by atoms with E-state index in [1.807, 2.05) is 40.9 Å². The molecule has 1 saturated heterocycles. The Hall–Kier alpha value is -1.53. The Bertz CT molecular complexity index is 669. The van der Waals surface area contributed by atoms with Crippen LogP contribution in [0.25, 0.3) is 10.6 Å². The Labute approximate surface area is 144 Å². The van der Waals surface area contributed by atoms with E-state index in [2.05, 4.69) is 11.2 Å². The summed E-state index contributed by atoms with van der Waals surface area (Å²) in [4.78, 5) is 19.7. The Balaban J connectivity index is 1.70. The number of likely N-dealkylation sites (tertiary alicyclic amines) is 1. The molecular formula is C17H20N2O2S2. The maximum Gasteiger partial charge on any atom is 0.265 e. The maximum absolute atomic E-state index is 12.6. The van der Waals surface area contributed by atoms with Crippen molar-refractivity contribution in [1.82, 2.24) is 9.88 Å². The van der Waals surface area contributed by atoms with Gasteiger partial charge in [0.05, 0.1) is 13.3 Å². The van der Waals surface area contributed by atoms with Crippen LogP contribution in [-0.4, -0.2) is 48.0 Å². The third-order valence-electron chi connectivity index (χ3n) is 4.03. The van der Waals surface area contributed by atoms with Crippen LogP contribution in [0.3, 0.4) is 0 Å². The molecule has 1 amide bonds. The van der Waals surface area contributed by atoms with Gasteiger partial charge in [0.1, 0.15) is 15.6 Å². The highest BCUT2D eigenvalue weighted by molar-refractivity contribution is 7.98. The van der Waals surface area contributed by atoms with Gasteiger partial charge >= 0.3 is 0 Å². The lowest BCUT2D eigenvalue weighted by molar-refractivity contribution is 0.0793. The second-order valence-corrected chi connectivity index (χ2v) is 7.56. The van der Waals surface area contributed by atoms with Gasteiger partial charge in [0.25, 0.3) is 5.91 Å². The number of amides is 1. The predicted molar refractivity (Wildman–Crippen MR) is 96.5 cm³/mol. The Morgan fingerprint density at radius 2 is 2.22 bits per heavy atom. The summed E-state index contributed by atoms with van der Waals surface area (Å²) >= 11 is 3.32. The molecule has 0 unspecified atom stereocenters. The zero-order chi connectivity index (χ0) is 16.2. The molecule has 122 valence electrons. The second kappa shape index (κ2) is 7.36. The van der Waals surface area contributed by atoms with Crippen molar-refractivity contribution in [2.24, 2.45) is 5.92 Å². The van der Waals surface area contributed by atoms with Gasteiger partial charge in [-0.15, -0.1) is 11.3 Å². The largest absolute Gasteiger partial charge is 0.497 e. The fourth-order valence-electron chi connectivity index (χ4n) is 2.78. The van der Waals surface area contributed by atoms with E-state index in [0.29, 0.717) is 5.92 Å².